The van der Waals surface area contributed by atoms with Crippen LogP contribution in [0.15, 0.2) is 40.9 Å². The number of carbonyl (C=O) groups excluding carboxylic acids is 1. The second-order valence-electron chi connectivity index (χ2n) is 4.49. The average molecular weight is 469 g/mol. The van der Waals surface area contributed by atoms with Gasteiger partial charge in [0.2, 0.25) is 0 Å². The fourth-order valence-corrected chi connectivity index (χ4v) is 2.89. The van der Waals surface area contributed by atoms with Gasteiger partial charge in [0, 0.05) is 10.2 Å². The Morgan fingerprint density at radius 3 is 2.50 bits per heavy atom. The molecule has 0 aliphatic carbocycles. The van der Waals surface area contributed by atoms with Gasteiger partial charge < -0.3 is 10.1 Å². The van der Waals surface area contributed by atoms with Crippen LogP contribution in [0.5, 0.6) is 5.75 Å². The van der Waals surface area contributed by atoms with E-state index in [1.165, 1.54) is 0 Å². The third-order valence-corrected chi connectivity index (χ3v) is 4.41. The van der Waals surface area contributed by atoms with Crippen LogP contribution in [0.25, 0.3) is 0 Å². The summed E-state index contributed by atoms with van der Waals surface area (Å²) < 4.78 is 6.16. The molecule has 24 heavy (non-hydrogen) atoms. The van der Waals surface area contributed by atoms with E-state index in [2.05, 4.69) is 26.6 Å². The predicted molar refractivity (Wildman–Crippen MR) is 105 cm³/mol. The van der Waals surface area contributed by atoms with Gasteiger partial charge in [-0.3, -0.25) is 10.1 Å². The first-order valence-electron chi connectivity index (χ1n) is 6.49. The van der Waals surface area contributed by atoms with Crippen molar-refractivity contribution in [3.63, 3.8) is 0 Å². The van der Waals surface area contributed by atoms with Crippen LogP contribution in [-0.4, -0.2) is 17.6 Å². The number of hydrogen-bond acceptors (Lipinski definition) is 3. The third-order valence-electron chi connectivity index (χ3n) is 2.68. The van der Waals surface area contributed by atoms with E-state index in [1.807, 2.05) is 0 Å². The molecule has 9 heteroatoms. The molecule has 0 heterocycles. The molecule has 0 aliphatic rings. The van der Waals surface area contributed by atoms with Crippen molar-refractivity contribution in [1.29, 1.82) is 0 Å². The Bertz CT molecular complexity index is 789. The third kappa shape index (κ3) is 5.79. The van der Waals surface area contributed by atoms with Gasteiger partial charge >= 0.3 is 0 Å². The maximum Gasteiger partial charge on any atom is 0.264 e. The fourth-order valence-electron chi connectivity index (χ4n) is 1.63. The largest absolute Gasteiger partial charge is 0.482 e. The smallest absolute Gasteiger partial charge is 0.264 e. The maximum atomic E-state index is 11.9. The summed E-state index contributed by atoms with van der Waals surface area (Å²) >= 11 is 26.1. The van der Waals surface area contributed by atoms with Crippen LogP contribution in [0.1, 0.15) is 0 Å². The number of thiocarbonyl (C=S) groups is 1. The van der Waals surface area contributed by atoms with Crippen LogP contribution < -0.4 is 15.4 Å². The van der Waals surface area contributed by atoms with E-state index in [0.29, 0.717) is 26.5 Å². The normalized spacial score (nSPS) is 10.2. The number of benzene rings is 2. The molecule has 0 fully saturated rings. The molecule has 2 aromatic carbocycles. The molecule has 2 aromatic rings. The van der Waals surface area contributed by atoms with Gasteiger partial charge in [-0.1, -0.05) is 50.7 Å². The Morgan fingerprint density at radius 2 is 1.83 bits per heavy atom. The van der Waals surface area contributed by atoms with Crippen molar-refractivity contribution in [2.75, 3.05) is 11.9 Å². The Labute approximate surface area is 167 Å². The van der Waals surface area contributed by atoms with Crippen molar-refractivity contribution in [1.82, 2.24) is 5.32 Å². The Balaban J connectivity index is 1.85. The zero-order valence-corrected chi connectivity index (χ0v) is 16.6. The SMILES string of the molecule is O=C(COc1ccc(Br)cc1Cl)NC(=S)Nc1ccc(Cl)c(Cl)c1. The number of halogens is 4. The summed E-state index contributed by atoms with van der Waals surface area (Å²) in [6, 6.07) is 9.99. The maximum absolute atomic E-state index is 11.9. The second kappa shape index (κ2) is 8.87. The van der Waals surface area contributed by atoms with Crippen molar-refractivity contribution < 1.29 is 9.53 Å². The highest BCUT2D eigenvalue weighted by Crippen LogP contribution is 2.27. The molecule has 0 unspecified atom stereocenters. The molecule has 0 saturated heterocycles. The molecular weight excluding hydrogens is 459 g/mol. The van der Waals surface area contributed by atoms with E-state index in [-0.39, 0.29) is 11.7 Å². The van der Waals surface area contributed by atoms with E-state index in [4.69, 9.17) is 51.8 Å². The summed E-state index contributed by atoms with van der Waals surface area (Å²) in [6.45, 7) is -0.232. The summed E-state index contributed by atoms with van der Waals surface area (Å²) in [5, 5.41) is 6.64. The van der Waals surface area contributed by atoms with Gasteiger partial charge in [-0.2, -0.15) is 0 Å². The molecule has 0 bridgehead atoms. The quantitative estimate of drug-likeness (QED) is 0.598. The summed E-state index contributed by atoms with van der Waals surface area (Å²) in [6.07, 6.45) is 0. The first-order valence-corrected chi connectivity index (χ1v) is 8.82. The Hall–Kier alpha value is -1.05. The van der Waals surface area contributed by atoms with E-state index in [0.717, 1.165) is 4.47 Å². The highest BCUT2D eigenvalue weighted by atomic mass is 79.9. The molecule has 0 saturated carbocycles. The number of nitrogens with one attached hydrogen (secondary N) is 2. The van der Waals surface area contributed by atoms with E-state index in [1.54, 1.807) is 36.4 Å². The fraction of sp³-hybridized carbons (Fsp3) is 0.0667. The topological polar surface area (TPSA) is 50.4 Å². The molecule has 0 aliphatic heterocycles. The lowest BCUT2D eigenvalue weighted by Gasteiger charge is -2.11. The van der Waals surface area contributed by atoms with Crippen molar-refractivity contribution >= 4 is 79.7 Å². The predicted octanol–water partition coefficient (Wildman–Crippen LogP) is 5.30. The molecule has 2 rings (SSSR count). The molecule has 1 amide bonds. The molecule has 0 aromatic heterocycles. The number of hydrogen-bond donors (Lipinski definition) is 2. The second-order valence-corrected chi connectivity index (χ2v) is 7.04. The van der Waals surface area contributed by atoms with E-state index < -0.39 is 5.91 Å². The summed E-state index contributed by atoms with van der Waals surface area (Å²) in [5.74, 6) is -0.0232. The number of rotatable bonds is 4. The number of amides is 1. The molecule has 0 atom stereocenters. The van der Waals surface area contributed by atoms with E-state index in [9.17, 15) is 4.79 Å². The van der Waals surface area contributed by atoms with Gasteiger partial charge in [0.1, 0.15) is 5.75 Å². The number of anilines is 1. The lowest BCUT2D eigenvalue weighted by molar-refractivity contribution is -0.121. The van der Waals surface area contributed by atoms with E-state index >= 15 is 0 Å². The zero-order valence-electron chi connectivity index (χ0n) is 11.9. The minimum atomic E-state index is -0.424. The van der Waals surface area contributed by atoms with Crippen LogP contribution >= 0.6 is 63.0 Å². The van der Waals surface area contributed by atoms with Crippen LogP contribution in [-0.2, 0) is 4.79 Å². The Kier molecular flexibility index (Phi) is 7.13. The van der Waals surface area contributed by atoms with Crippen LogP contribution in [0.2, 0.25) is 15.1 Å². The monoisotopic (exact) mass is 466 g/mol. The molecule has 2 N–H and O–H groups in total. The zero-order chi connectivity index (χ0) is 17.7. The molecular formula is C15H10BrCl3N2O2S. The highest BCUT2D eigenvalue weighted by molar-refractivity contribution is 9.10. The summed E-state index contributed by atoms with van der Waals surface area (Å²) in [7, 11) is 0. The van der Waals surface area contributed by atoms with Crippen LogP contribution in [0.4, 0.5) is 5.69 Å². The van der Waals surface area contributed by atoms with Crippen molar-refractivity contribution in [2.24, 2.45) is 0 Å². The highest BCUT2D eigenvalue weighted by Gasteiger charge is 2.09. The number of carbonyl (C=O) groups is 1. The van der Waals surface area contributed by atoms with Crippen molar-refractivity contribution in [3.8, 4) is 5.75 Å². The first-order chi connectivity index (χ1) is 11.3. The minimum Gasteiger partial charge on any atom is -0.482 e. The van der Waals surface area contributed by atoms with Gasteiger partial charge in [0.05, 0.1) is 15.1 Å². The van der Waals surface area contributed by atoms with Gasteiger partial charge in [0.25, 0.3) is 5.91 Å². The molecule has 0 spiro atoms. The van der Waals surface area contributed by atoms with Crippen molar-refractivity contribution in [3.05, 3.63) is 55.9 Å². The lowest BCUT2D eigenvalue weighted by atomic mass is 10.3. The van der Waals surface area contributed by atoms with Crippen molar-refractivity contribution in [2.45, 2.75) is 0 Å². The Morgan fingerprint density at radius 1 is 1.08 bits per heavy atom. The minimum absolute atomic E-state index is 0.115. The van der Waals surface area contributed by atoms with Crippen LogP contribution in [0.3, 0.4) is 0 Å². The first kappa shape index (κ1) is 19.3. The van der Waals surface area contributed by atoms with Gasteiger partial charge in [-0.25, -0.2) is 0 Å². The van der Waals surface area contributed by atoms with Gasteiger partial charge in [0.15, 0.2) is 11.7 Å². The number of ether oxygens (including phenoxy) is 1. The molecule has 126 valence electrons. The molecule has 4 nitrogen and oxygen atoms in total. The lowest BCUT2D eigenvalue weighted by Crippen LogP contribution is -2.37. The summed E-state index contributed by atoms with van der Waals surface area (Å²) in [4.78, 5) is 11.9. The van der Waals surface area contributed by atoms with Gasteiger partial charge in [-0.05, 0) is 48.6 Å². The van der Waals surface area contributed by atoms with Crippen LogP contribution in [0, 0.1) is 0 Å². The molecule has 0 radical (unpaired) electrons. The van der Waals surface area contributed by atoms with Gasteiger partial charge in [-0.15, -0.1) is 0 Å². The summed E-state index contributed by atoms with van der Waals surface area (Å²) in [5.41, 5.74) is 0.603. The standard InChI is InChI=1S/C15H10BrCl3N2O2S/c16-8-1-4-13(12(19)5-8)23-7-14(22)21-15(24)20-9-2-3-10(17)11(18)6-9/h1-6H,7H2,(H2,20,21,22,24). The average Bonchev–Trinajstić information content (AvgIpc) is 2.50.